The quantitative estimate of drug-likeness (QED) is 0.277. The topological polar surface area (TPSA) is 23.8 Å². The monoisotopic (exact) mass is 117 g/mol. The van der Waals surface area contributed by atoms with Gasteiger partial charge in [-0.25, -0.2) is 0 Å². The molecule has 0 heterocycles. The van der Waals surface area contributed by atoms with E-state index in [1.165, 1.54) is 5.40 Å². The molecule has 0 aliphatic carbocycles. The summed E-state index contributed by atoms with van der Waals surface area (Å²) in [5.41, 5.74) is 0. The summed E-state index contributed by atoms with van der Waals surface area (Å²) in [7, 11) is 0. The number of nitriles is 1. The maximum Gasteiger partial charge on any atom is 0.130 e. The molecule has 0 amide bonds. The van der Waals surface area contributed by atoms with Crippen molar-refractivity contribution < 1.29 is 16.5 Å². The second-order valence-electron chi connectivity index (χ2n) is 0.100. The van der Waals surface area contributed by atoms with Crippen LogP contribution in [0.25, 0.3) is 0 Å². The predicted molar refractivity (Wildman–Crippen MR) is 14.6 cm³/mol. The molecule has 1 nitrogen and oxygen atoms in total. The van der Waals surface area contributed by atoms with Gasteiger partial charge in [-0.1, -0.05) is 12.6 Å². The van der Waals surface area contributed by atoms with Gasteiger partial charge in [-0.2, -0.15) is 5.26 Å². The molecule has 26 valence electrons. The molecule has 0 saturated carbocycles. The third-order valence-corrected chi connectivity index (χ3v) is 0. The summed E-state index contributed by atoms with van der Waals surface area (Å²) in [5, 5.41) is 8.63. The summed E-state index contributed by atoms with van der Waals surface area (Å²) in [4.78, 5) is 0. The van der Waals surface area contributed by atoms with Crippen molar-refractivity contribution in [2.75, 3.05) is 0 Å². The van der Waals surface area contributed by atoms with Crippen LogP contribution in [0.15, 0.2) is 0 Å². The van der Waals surface area contributed by atoms with Gasteiger partial charge in [-0.15, -0.1) is 0 Å². The Labute approximate surface area is 40.3 Å². The van der Waals surface area contributed by atoms with Crippen molar-refractivity contribution in [2.24, 2.45) is 0 Å². The van der Waals surface area contributed by atoms with Crippen LogP contribution in [0.1, 0.15) is 0 Å². The molecule has 0 aromatic carbocycles. The van der Waals surface area contributed by atoms with E-state index in [9.17, 15) is 0 Å². The smallest absolute Gasteiger partial charge is 0.130 e. The Morgan fingerprint density at radius 2 is 1.75 bits per heavy atom. The first-order valence-electron chi connectivity index (χ1n) is 0.447. The van der Waals surface area contributed by atoms with Gasteiger partial charge in [0.2, 0.25) is 0 Å². The molecule has 3 heteroatoms. The van der Waals surface area contributed by atoms with Crippen LogP contribution in [-0.2, 0) is 16.5 Å². The van der Waals surface area contributed by atoms with Crippen LogP contribution < -0.4 is 0 Å². The molecule has 0 aliphatic heterocycles. The molecule has 0 aromatic heterocycles. The van der Waals surface area contributed by atoms with Crippen molar-refractivity contribution in [3.63, 3.8) is 0 Å². The van der Waals surface area contributed by atoms with Crippen molar-refractivity contribution in [1.82, 2.24) is 0 Å². The molecule has 0 aromatic rings. The molecule has 0 saturated heterocycles. The van der Waals surface area contributed by atoms with Gasteiger partial charge in [0.15, 0.2) is 0 Å². The van der Waals surface area contributed by atoms with E-state index in [0.717, 1.165) is 0 Å². The Kier molecular flexibility index (Phi) is 22.6. The molecule has 0 aliphatic rings. The number of thiol groups is 1. The summed E-state index contributed by atoms with van der Waals surface area (Å²) < 4.78 is 0. The zero-order valence-electron chi connectivity index (χ0n) is 1.71. The van der Waals surface area contributed by atoms with Crippen LogP contribution in [0.2, 0.25) is 0 Å². The van der Waals surface area contributed by atoms with E-state index in [4.69, 9.17) is 5.26 Å². The molecule has 0 bridgehead atoms. The fraction of sp³-hybridized carbons (Fsp3) is 0. The maximum absolute atomic E-state index is 7.18. The Morgan fingerprint density at radius 3 is 1.75 bits per heavy atom. The zero-order chi connectivity index (χ0) is 2.71. The van der Waals surface area contributed by atoms with Crippen LogP contribution in [0.3, 0.4) is 0 Å². The van der Waals surface area contributed by atoms with Gasteiger partial charge >= 0.3 is 0 Å². The van der Waals surface area contributed by atoms with Crippen molar-refractivity contribution >= 4 is 12.6 Å². The number of hydrogen-bond donors (Lipinski definition) is 1. The summed E-state index contributed by atoms with van der Waals surface area (Å²) >= 11 is 3.09. The Balaban J connectivity index is 0. The molecule has 4 heavy (non-hydrogen) atoms. The summed E-state index contributed by atoms with van der Waals surface area (Å²) in [5.74, 6) is 0. The summed E-state index contributed by atoms with van der Waals surface area (Å²) in [6.07, 6.45) is 0. The SMILES string of the molecule is N#CS.[Ni]. The van der Waals surface area contributed by atoms with E-state index in [2.05, 4.69) is 12.6 Å². The van der Waals surface area contributed by atoms with Gasteiger partial charge in [-0.3, -0.25) is 0 Å². The average Bonchev–Trinajstić information content (AvgIpc) is 0.918. The number of rotatable bonds is 0. The van der Waals surface area contributed by atoms with E-state index in [1.54, 1.807) is 0 Å². The molecule has 0 radical (unpaired) electrons. The Hall–Kier alpha value is 0.334. The van der Waals surface area contributed by atoms with Crippen LogP contribution in [0, 0.1) is 10.7 Å². The van der Waals surface area contributed by atoms with Crippen molar-refractivity contribution in [3.05, 3.63) is 0 Å². The number of thiocyanates is 1. The average molecular weight is 118 g/mol. The second-order valence-corrected chi connectivity index (χ2v) is 0.300. The van der Waals surface area contributed by atoms with Gasteiger partial charge in [0.05, 0.1) is 0 Å². The van der Waals surface area contributed by atoms with E-state index in [0.29, 0.717) is 0 Å². The molecular weight excluding hydrogens is 117 g/mol. The van der Waals surface area contributed by atoms with Crippen LogP contribution in [0.4, 0.5) is 0 Å². The normalized spacial score (nSPS) is 2.00. The fourth-order valence-corrected chi connectivity index (χ4v) is 0. The molecule has 0 spiro atoms. The first-order valence-corrected chi connectivity index (χ1v) is 0.894. The molecule has 0 N–H and O–H groups in total. The van der Waals surface area contributed by atoms with Crippen LogP contribution in [-0.4, -0.2) is 0 Å². The van der Waals surface area contributed by atoms with Crippen molar-refractivity contribution in [1.29, 1.82) is 5.26 Å². The molecule has 0 fully saturated rings. The van der Waals surface area contributed by atoms with Crippen LogP contribution >= 0.6 is 12.6 Å². The zero-order valence-corrected chi connectivity index (χ0v) is 3.59. The van der Waals surface area contributed by atoms with Crippen molar-refractivity contribution in [2.45, 2.75) is 0 Å². The maximum atomic E-state index is 7.18. The van der Waals surface area contributed by atoms with Gasteiger partial charge in [0, 0.05) is 16.5 Å². The van der Waals surface area contributed by atoms with Gasteiger partial charge in [0.1, 0.15) is 5.40 Å². The first kappa shape index (κ1) is 8.84. The number of hydrogen-bond acceptors (Lipinski definition) is 2. The summed E-state index contributed by atoms with van der Waals surface area (Å²) in [6, 6.07) is 0. The van der Waals surface area contributed by atoms with E-state index in [-0.39, 0.29) is 16.5 Å². The van der Waals surface area contributed by atoms with Crippen molar-refractivity contribution in [3.8, 4) is 5.40 Å². The van der Waals surface area contributed by atoms with Gasteiger partial charge < -0.3 is 0 Å². The minimum Gasteiger partial charge on any atom is -0.185 e. The van der Waals surface area contributed by atoms with E-state index >= 15 is 0 Å². The standard InChI is InChI=1S/CHNS.Ni/c2-1-3;/h3H;. The molecule has 0 atom stereocenters. The van der Waals surface area contributed by atoms with Gasteiger partial charge in [0.25, 0.3) is 0 Å². The second kappa shape index (κ2) is 10.2. The van der Waals surface area contributed by atoms with E-state index in [1.807, 2.05) is 0 Å². The predicted octanol–water partition coefficient (Wildman–Crippen LogP) is 0.395. The Bertz CT molecular complexity index is 29.5. The third-order valence-electron chi connectivity index (χ3n) is 0. The number of nitrogens with zero attached hydrogens (tertiary/aromatic N) is 1. The summed E-state index contributed by atoms with van der Waals surface area (Å²) in [6.45, 7) is 0. The fourth-order valence-electron chi connectivity index (χ4n) is 0. The first-order chi connectivity index (χ1) is 1.41. The molecule has 0 unspecified atom stereocenters. The molecule has 0 rings (SSSR count). The Morgan fingerprint density at radius 1 is 1.75 bits per heavy atom. The minimum atomic E-state index is 0. The third kappa shape index (κ3) is 37.3. The minimum absolute atomic E-state index is 0. The molecular formula is CHNNiS. The van der Waals surface area contributed by atoms with E-state index < -0.39 is 0 Å². The van der Waals surface area contributed by atoms with Gasteiger partial charge in [-0.05, 0) is 0 Å². The largest absolute Gasteiger partial charge is 0.185 e. The van der Waals surface area contributed by atoms with Crippen LogP contribution in [0.5, 0.6) is 0 Å².